The lowest BCUT2D eigenvalue weighted by atomic mass is 9.98. The molecule has 9 nitrogen and oxygen atoms in total. The predicted molar refractivity (Wildman–Crippen MR) is 121 cm³/mol. The van der Waals surface area contributed by atoms with Crippen LogP contribution in [-0.4, -0.2) is 70.1 Å². The van der Waals surface area contributed by atoms with E-state index < -0.39 is 5.66 Å². The highest BCUT2D eigenvalue weighted by Crippen LogP contribution is 2.44. The number of rotatable bonds is 8. The van der Waals surface area contributed by atoms with E-state index in [1.165, 1.54) is 0 Å². The minimum atomic E-state index is -0.688. The lowest BCUT2D eigenvalue weighted by Gasteiger charge is -2.48. The van der Waals surface area contributed by atoms with Gasteiger partial charge in [-0.05, 0) is 46.0 Å². The summed E-state index contributed by atoms with van der Waals surface area (Å²) < 4.78 is 1.80. The Hall–Kier alpha value is -3.20. The van der Waals surface area contributed by atoms with Crippen molar-refractivity contribution in [3.05, 3.63) is 42.2 Å². The number of amides is 3. The molecule has 3 heterocycles. The van der Waals surface area contributed by atoms with Crippen LogP contribution in [0.5, 0.6) is 0 Å². The lowest BCUT2D eigenvalue weighted by molar-refractivity contribution is -0.118. The molecule has 1 atom stereocenters. The highest BCUT2D eigenvalue weighted by atomic mass is 16.2. The van der Waals surface area contributed by atoms with Gasteiger partial charge in [0.15, 0.2) is 0 Å². The van der Waals surface area contributed by atoms with E-state index in [2.05, 4.69) is 15.3 Å². The zero-order valence-electron chi connectivity index (χ0n) is 18.9. The van der Waals surface area contributed by atoms with E-state index in [0.717, 1.165) is 13.1 Å². The second kappa shape index (κ2) is 8.74. The minimum Gasteiger partial charge on any atom is -0.323 e. The SMILES string of the molecule is CN(C)CCn1cc(NC(=O)CCCN2C(=O)c3ccccc3N3C(=O)CCC23C)cn1. The quantitative estimate of drug-likeness (QED) is 0.682. The first-order chi connectivity index (χ1) is 15.3. The zero-order valence-corrected chi connectivity index (χ0v) is 18.9. The third-order valence-electron chi connectivity index (χ3n) is 6.22. The summed E-state index contributed by atoms with van der Waals surface area (Å²) in [5.41, 5.74) is 1.20. The van der Waals surface area contributed by atoms with E-state index >= 15 is 0 Å². The number of anilines is 2. The molecular weight excluding hydrogens is 408 g/mol. The van der Waals surface area contributed by atoms with Crippen LogP contribution in [0.15, 0.2) is 36.7 Å². The standard InChI is InChI=1S/C23H30N6O3/c1-23-11-10-21(31)29(23)19-8-5-4-7-18(19)22(32)28(23)12-6-9-20(30)25-17-15-24-27(16-17)14-13-26(2)3/h4-5,7-8,15-16H,6,9-14H2,1-3H3,(H,25,30). The van der Waals surface area contributed by atoms with Crippen molar-refractivity contribution < 1.29 is 14.4 Å². The first kappa shape index (κ1) is 22.0. The van der Waals surface area contributed by atoms with Gasteiger partial charge in [0.05, 0.1) is 29.7 Å². The molecule has 1 fully saturated rings. The van der Waals surface area contributed by atoms with E-state index in [4.69, 9.17) is 0 Å². The number of fused-ring (bicyclic) bond motifs is 3. The molecule has 2 aromatic rings. The molecule has 32 heavy (non-hydrogen) atoms. The maximum absolute atomic E-state index is 13.2. The van der Waals surface area contributed by atoms with E-state index in [-0.39, 0.29) is 24.1 Å². The highest BCUT2D eigenvalue weighted by Gasteiger charge is 2.52. The first-order valence-corrected chi connectivity index (χ1v) is 11.0. The van der Waals surface area contributed by atoms with E-state index in [0.29, 0.717) is 42.7 Å². The Morgan fingerprint density at radius 1 is 1.22 bits per heavy atom. The normalized spacial score (nSPS) is 20.0. The lowest BCUT2D eigenvalue weighted by Crippen LogP contribution is -2.62. The molecule has 9 heteroatoms. The number of hydrogen-bond donors (Lipinski definition) is 1. The molecule has 1 N–H and O–H groups in total. The summed E-state index contributed by atoms with van der Waals surface area (Å²) in [7, 11) is 4.00. The molecule has 1 unspecified atom stereocenters. The topological polar surface area (TPSA) is 90.8 Å². The van der Waals surface area contributed by atoms with Gasteiger partial charge in [0.1, 0.15) is 5.66 Å². The molecule has 2 aliphatic rings. The maximum atomic E-state index is 13.2. The van der Waals surface area contributed by atoms with Crippen LogP contribution in [0, 0.1) is 0 Å². The summed E-state index contributed by atoms with van der Waals surface area (Å²) >= 11 is 0. The number of carbonyl (C=O) groups is 3. The van der Waals surface area contributed by atoms with Crippen molar-refractivity contribution in [3.63, 3.8) is 0 Å². The highest BCUT2D eigenvalue weighted by molar-refractivity contribution is 6.10. The molecule has 4 rings (SSSR count). The van der Waals surface area contributed by atoms with Gasteiger partial charge < -0.3 is 15.1 Å². The monoisotopic (exact) mass is 438 g/mol. The maximum Gasteiger partial charge on any atom is 0.257 e. The van der Waals surface area contributed by atoms with E-state index in [9.17, 15) is 14.4 Å². The summed E-state index contributed by atoms with van der Waals surface area (Å²) in [5, 5.41) is 7.14. The molecule has 1 aromatic carbocycles. The molecule has 170 valence electrons. The molecule has 1 saturated heterocycles. The van der Waals surface area contributed by atoms with Crippen LogP contribution in [0.25, 0.3) is 0 Å². The van der Waals surface area contributed by atoms with Gasteiger partial charge in [0, 0.05) is 32.1 Å². The summed E-state index contributed by atoms with van der Waals surface area (Å²) in [6, 6.07) is 7.25. The number of para-hydroxylation sites is 1. The van der Waals surface area contributed by atoms with Crippen molar-refractivity contribution in [1.82, 2.24) is 19.6 Å². The number of nitrogens with zero attached hydrogens (tertiary/aromatic N) is 5. The number of benzene rings is 1. The van der Waals surface area contributed by atoms with E-state index in [1.807, 2.05) is 45.4 Å². The average molecular weight is 439 g/mol. The van der Waals surface area contributed by atoms with Crippen molar-refractivity contribution in [2.75, 3.05) is 37.4 Å². The van der Waals surface area contributed by atoms with Gasteiger partial charge in [-0.1, -0.05) is 12.1 Å². The summed E-state index contributed by atoms with van der Waals surface area (Å²) in [6.07, 6.45) is 5.23. The van der Waals surface area contributed by atoms with Crippen LogP contribution in [0.2, 0.25) is 0 Å². The van der Waals surface area contributed by atoms with Gasteiger partial charge in [-0.3, -0.25) is 24.0 Å². The fourth-order valence-corrected chi connectivity index (χ4v) is 4.52. The fourth-order valence-electron chi connectivity index (χ4n) is 4.52. The minimum absolute atomic E-state index is 0.0291. The van der Waals surface area contributed by atoms with Crippen molar-refractivity contribution >= 4 is 29.1 Å². The molecule has 2 aliphatic heterocycles. The van der Waals surface area contributed by atoms with Crippen LogP contribution in [0.4, 0.5) is 11.4 Å². The first-order valence-electron chi connectivity index (χ1n) is 11.0. The molecule has 0 radical (unpaired) electrons. The Morgan fingerprint density at radius 3 is 2.78 bits per heavy atom. The number of aromatic nitrogens is 2. The number of carbonyl (C=O) groups excluding carboxylic acids is 3. The van der Waals surface area contributed by atoms with Crippen LogP contribution >= 0.6 is 0 Å². The summed E-state index contributed by atoms with van der Waals surface area (Å²) in [5.74, 6) is -0.176. The van der Waals surface area contributed by atoms with Gasteiger partial charge in [-0.2, -0.15) is 5.10 Å². The molecule has 1 aromatic heterocycles. The van der Waals surface area contributed by atoms with Gasteiger partial charge in [0.25, 0.3) is 5.91 Å². The summed E-state index contributed by atoms with van der Waals surface area (Å²) in [6.45, 7) is 3.95. The van der Waals surface area contributed by atoms with Crippen molar-refractivity contribution in [3.8, 4) is 0 Å². The molecule has 0 aliphatic carbocycles. The summed E-state index contributed by atoms with van der Waals surface area (Å²) in [4.78, 5) is 43.9. The molecule has 3 amide bonds. The van der Waals surface area contributed by atoms with Gasteiger partial charge in [-0.15, -0.1) is 0 Å². The number of hydrogen-bond acceptors (Lipinski definition) is 5. The zero-order chi connectivity index (χ0) is 22.9. The number of nitrogens with one attached hydrogen (secondary N) is 1. The Morgan fingerprint density at radius 2 is 2.00 bits per heavy atom. The third-order valence-corrected chi connectivity index (χ3v) is 6.22. The van der Waals surface area contributed by atoms with Crippen LogP contribution < -0.4 is 10.2 Å². The van der Waals surface area contributed by atoms with Crippen LogP contribution in [0.1, 0.15) is 43.0 Å². The average Bonchev–Trinajstić information content (AvgIpc) is 3.33. The van der Waals surface area contributed by atoms with Crippen LogP contribution in [0.3, 0.4) is 0 Å². The largest absolute Gasteiger partial charge is 0.323 e. The molecule has 0 saturated carbocycles. The Balaban J connectivity index is 1.37. The third kappa shape index (κ3) is 4.12. The van der Waals surface area contributed by atoms with Gasteiger partial charge >= 0.3 is 0 Å². The number of likely N-dealkylation sites (N-methyl/N-ethyl adjacent to an activating group) is 1. The van der Waals surface area contributed by atoms with Crippen molar-refractivity contribution in [1.29, 1.82) is 0 Å². The van der Waals surface area contributed by atoms with Crippen molar-refractivity contribution in [2.24, 2.45) is 0 Å². The molecule has 0 bridgehead atoms. The Bertz CT molecular complexity index is 1030. The van der Waals surface area contributed by atoms with Gasteiger partial charge in [0.2, 0.25) is 11.8 Å². The molecule has 0 spiro atoms. The predicted octanol–water partition coefficient (Wildman–Crippen LogP) is 2.16. The Labute approximate surface area is 188 Å². The van der Waals surface area contributed by atoms with Gasteiger partial charge in [-0.25, -0.2) is 0 Å². The second-order valence-corrected chi connectivity index (χ2v) is 8.87. The van der Waals surface area contributed by atoms with Crippen molar-refractivity contribution in [2.45, 2.75) is 44.8 Å². The smallest absolute Gasteiger partial charge is 0.257 e. The Kier molecular flexibility index (Phi) is 6.01. The fraction of sp³-hybridized carbons (Fsp3) is 0.478. The van der Waals surface area contributed by atoms with E-state index in [1.54, 1.807) is 26.7 Å². The van der Waals surface area contributed by atoms with Crippen LogP contribution in [-0.2, 0) is 16.1 Å². The second-order valence-electron chi connectivity index (χ2n) is 8.87. The molecular formula is C23H30N6O3.